The van der Waals surface area contributed by atoms with Gasteiger partial charge < -0.3 is 30.8 Å². The zero-order chi connectivity index (χ0) is 30.4. The van der Waals surface area contributed by atoms with E-state index in [2.05, 4.69) is 4.74 Å². The smallest absolute Gasteiger partial charge is 0.330 e. The lowest BCUT2D eigenvalue weighted by molar-refractivity contribution is -0.169. The second-order valence-electron chi connectivity index (χ2n) is 10.0. The van der Waals surface area contributed by atoms with Crippen LogP contribution in [-0.2, 0) is 36.7 Å². The van der Waals surface area contributed by atoms with Gasteiger partial charge in [0.2, 0.25) is 0 Å². The summed E-state index contributed by atoms with van der Waals surface area (Å²) in [6.07, 6.45) is 6.02. The number of rotatable bonds is 16. The summed E-state index contributed by atoms with van der Waals surface area (Å²) in [5.74, 6) is -1.70. The van der Waals surface area contributed by atoms with E-state index in [-0.39, 0.29) is 19.4 Å². The molecule has 0 spiro atoms. The Labute approximate surface area is 246 Å². The monoisotopic (exact) mass is 574 g/mol. The lowest BCUT2D eigenvalue weighted by Crippen LogP contribution is -2.44. The first-order valence-electron chi connectivity index (χ1n) is 13.8. The number of methoxy groups -OCH3 is 1. The van der Waals surface area contributed by atoms with Gasteiger partial charge in [0.1, 0.15) is 5.75 Å². The van der Waals surface area contributed by atoms with Crippen molar-refractivity contribution in [2.75, 3.05) is 31.8 Å². The number of ether oxygens (including phenoxy) is 3. The maximum Gasteiger partial charge on any atom is 0.330 e. The lowest BCUT2D eigenvalue weighted by Gasteiger charge is -2.28. The molecule has 0 saturated heterocycles. The number of nitrogens with two attached hydrogens (primary N) is 2. The van der Waals surface area contributed by atoms with Crippen molar-refractivity contribution in [1.82, 2.24) is 0 Å². The highest BCUT2D eigenvalue weighted by Crippen LogP contribution is 2.31. The predicted molar refractivity (Wildman–Crippen MR) is 162 cm³/mol. The molecular weight excluding hydrogens is 536 g/mol. The third kappa shape index (κ3) is 9.69. The third-order valence-corrected chi connectivity index (χ3v) is 6.81. The molecule has 0 atom stereocenters. The average Bonchev–Trinajstić information content (AvgIpc) is 2.99. The Balaban J connectivity index is 1.48. The maximum absolute atomic E-state index is 13.4. The van der Waals surface area contributed by atoms with Crippen molar-refractivity contribution >= 4 is 35.4 Å². The van der Waals surface area contributed by atoms with Gasteiger partial charge in [-0.15, -0.1) is 0 Å². The maximum atomic E-state index is 13.4. The van der Waals surface area contributed by atoms with Crippen LogP contribution in [0.15, 0.2) is 78.9 Å². The third-order valence-electron chi connectivity index (χ3n) is 6.81. The van der Waals surface area contributed by atoms with Crippen molar-refractivity contribution in [2.45, 2.75) is 38.5 Å². The largest absolute Gasteiger partial charge is 0.494 e. The number of benzene rings is 3. The van der Waals surface area contributed by atoms with E-state index >= 15 is 0 Å². The summed E-state index contributed by atoms with van der Waals surface area (Å²) in [5.41, 5.74) is 13.1. The Hall–Kier alpha value is -4.79. The van der Waals surface area contributed by atoms with Gasteiger partial charge in [0.05, 0.1) is 20.3 Å². The van der Waals surface area contributed by atoms with Crippen molar-refractivity contribution < 1.29 is 33.7 Å². The number of nitrogen functional groups attached to an aromatic ring is 2. The molecule has 42 heavy (non-hydrogen) atoms. The van der Waals surface area contributed by atoms with Crippen molar-refractivity contribution in [1.29, 1.82) is 0 Å². The lowest BCUT2D eigenvalue weighted by atomic mass is 9.76. The molecule has 0 saturated carbocycles. The average molecular weight is 575 g/mol. The number of hydrogen-bond acceptors (Lipinski definition) is 8. The molecule has 9 nitrogen and oxygen atoms in total. The number of esters is 2. The normalized spacial score (nSPS) is 11.3. The van der Waals surface area contributed by atoms with E-state index in [1.165, 1.54) is 13.2 Å². The minimum atomic E-state index is -1.80. The molecule has 0 fully saturated rings. The fraction of sp³-hybridized carbons (Fsp3) is 0.303. The minimum Gasteiger partial charge on any atom is -0.494 e. The number of carboxylic acid groups (broad SMARTS) is 1. The first kappa shape index (κ1) is 31.7. The van der Waals surface area contributed by atoms with Crippen molar-refractivity contribution in [2.24, 2.45) is 5.41 Å². The molecule has 0 heterocycles. The van der Waals surface area contributed by atoms with Crippen molar-refractivity contribution in [3.63, 3.8) is 0 Å². The summed E-state index contributed by atoms with van der Waals surface area (Å²) in [5, 5.41) is 10.3. The van der Waals surface area contributed by atoms with Crippen LogP contribution in [0.5, 0.6) is 5.75 Å². The van der Waals surface area contributed by atoms with Crippen LogP contribution in [0.3, 0.4) is 0 Å². The number of aliphatic carboxylic acids is 1. The van der Waals surface area contributed by atoms with E-state index in [0.29, 0.717) is 35.5 Å². The molecule has 0 amide bonds. The molecule has 9 heteroatoms. The van der Waals surface area contributed by atoms with Crippen LogP contribution in [0, 0.1) is 5.41 Å². The Morgan fingerprint density at radius 3 is 1.79 bits per heavy atom. The predicted octanol–water partition coefficient (Wildman–Crippen LogP) is 5.08. The molecule has 0 radical (unpaired) electrons. The molecule has 0 bridgehead atoms. The van der Waals surface area contributed by atoms with Gasteiger partial charge in [-0.2, -0.15) is 0 Å². The molecule has 3 aromatic rings. The molecule has 0 aliphatic heterocycles. The van der Waals surface area contributed by atoms with Crippen molar-refractivity contribution in [3.8, 4) is 5.75 Å². The van der Waals surface area contributed by atoms with E-state index in [1.807, 2.05) is 24.3 Å². The van der Waals surface area contributed by atoms with E-state index < -0.39 is 23.3 Å². The number of carbonyl (C=O) groups is 3. The molecule has 0 aliphatic rings. The van der Waals surface area contributed by atoms with Crippen LogP contribution >= 0.6 is 0 Å². The number of unbranched alkanes of at least 4 members (excludes halogenated alkanes) is 3. The van der Waals surface area contributed by atoms with Crippen LogP contribution < -0.4 is 16.2 Å². The number of carboxylic acids is 1. The fourth-order valence-electron chi connectivity index (χ4n) is 4.37. The molecular formula is C33H38N2O7. The number of hydrogen-bond donors (Lipinski definition) is 3. The number of anilines is 2. The topological polar surface area (TPSA) is 151 Å². The van der Waals surface area contributed by atoms with Crippen LogP contribution in [0.25, 0.3) is 6.08 Å². The van der Waals surface area contributed by atoms with E-state index in [4.69, 9.17) is 20.9 Å². The van der Waals surface area contributed by atoms with Crippen LogP contribution in [-0.4, -0.2) is 43.3 Å². The second-order valence-corrected chi connectivity index (χ2v) is 10.0. The van der Waals surface area contributed by atoms with Crippen LogP contribution in [0.2, 0.25) is 0 Å². The summed E-state index contributed by atoms with van der Waals surface area (Å²) < 4.78 is 15.9. The summed E-state index contributed by atoms with van der Waals surface area (Å²) in [4.78, 5) is 37.2. The second kappa shape index (κ2) is 15.9. The molecule has 0 unspecified atom stereocenters. The molecule has 5 N–H and O–H groups in total. The van der Waals surface area contributed by atoms with Crippen molar-refractivity contribution in [3.05, 3.63) is 95.6 Å². The van der Waals surface area contributed by atoms with E-state index in [0.717, 1.165) is 30.6 Å². The van der Waals surface area contributed by atoms with Gasteiger partial charge in [-0.25, -0.2) is 4.79 Å². The van der Waals surface area contributed by atoms with Gasteiger partial charge in [0.25, 0.3) is 0 Å². The van der Waals surface area contributed by atoms with Gasteiger partial charge in [0.15, 0.2) is 5.41 Å². The highest BCUT2D eigenvalue weighted by molar-refractivity contribution is 6.00. The number of carbonyl (C=O) groups excluding carboxylic acids is 2. The summed E-state index contributed by atoms with van der Waals surface area (Å²) >= 11 is 0. The highest BCUT2D eigenvalue weighted by atomic mass is 16.5. The highest BCUT2D eigenvalue weighted by Gasteiger charge is 2.48. The Morgan fingerprint density at radius 1 is 0.762 bits per heavy atom. The molecule has 0 aromatic heterocycles. The summed E-state index contributed by atoms with van der Waals surface area (Å²) in [6.45, 7) is 0.654. The standard InChI is InChI=1S/C33H38N2O7/c1-40-30(36)19-12-24-10-17-29(18-11-24)41-20-4-2-3-5-21-42-32(39)33(31(37)38,22-25-6-13-27(34)14-7-25)23-26-8-15-28(35)16-9-26/h6-19H,2-5,20-23,34-35H2,1H3,(H,37,38)/b19-12+. The van der Waals surface area contributed by atoms with Gasteiger partial charge in [-0.3, -0.25) is 9.59 Å². The van der Waals surface area contributed by atoms with Gasteiger partial charge >= 0.3 is 17.9 Å². The first-order valence-corrected chi connectivity index (χ1v) is 13.8. The molecule has 3 aromatic carbocycles. The SMILES string of the molecule is COC(=O)/C=C/c1ccc(OCCCCCCOC(=O)C(Cc2ccc(N)cc2)(Cc2ccc(N)cc2)C(=O)O)cc1. The first-order chi connectivity index (χ1) is 20.2. The molecule has 0 aliphatic carbocycles. The van der Waals surface area contributed by atoms with Gasteiger partial charge in [-0.1, -0.05) is 36.4 Å². The van der Waals surface area contributed by atoms with E-state index in [9.17, 15) is 19.5 Å². The molecule has 3 rings (SSSR count). The van der Waals surface area contributed by atoms with E-state index in [1.54, 1.807) is 54.6 Å². The quantitative estimate of drug-likeness (QED) is 0.0699. The molecule has 222 valence electrons. The Bertz CT molecular complexity index is 1290. The van der Waals surface area contributed by atoms with Crippen LogP contribution in [0.4, 0.5) is 11.4 Å². The summed E-state index contributed by atoms with van der Waals surface area (Å²) in [6, 6.07) is 21.0. The zero-order valence-electron chi connectivity index (χ0n) is 23.8. The van der Waals surface area contributed by atoms with Crippen LogP contribution in [0.1, 0.15) is 42.4 Å². The van der Waals surface area contributed by atoms with Gasteiger partial charge in [0, 0.05) is 17.5 Å². The Kier molecular flexibility index (Phi) is 12.0. The Morgan fingerprint density at radius 2 is 1.29 bits per heavy atom. The summed E-state index contributed by atoms with van der Waals surface area (Å²) in [7, 11) is 1.33. The minimum absolute atomic E-state index is 0.0360. The van der Waals surface area contributed by atoms with Gasteiger partial charge in [-0.05, 0) is 97.7 Å². The fourth-order valence-corrected chi connectivity index (χ4v) is 4.37. The zero-order valence-corrected chi connectivity index (χ0v) is 23.8.